The van der Waals surface area contributed by atoms with Crippen LogP contribution in [0.15, 0.2) is 29.4 Å². The van der Waals surface area contributed by atoms with Gasteiger partial charge in [-0.1, -0.05) is 0 Å². The Morgan fingerprint density at radius 2 is 1.63 bits per heavy atom. The summed E-state index contributed by atoms with van der Waals surface area (Å²) in [7, 11) is 0. The first-order chi connectivity index (χ1) is 13.0. The predicted molar refractivity (Wildman–Crippen MR) is 109 cm³/mol. The third-order valence-corrected chi connectivity index (χ3v) is 4.70. The summed E-state index contributed by atoms with van der Waals surface area (Å²) in [5, 5.41) is 4.21. The van der Waals surface area contributed by atoms with Crippen molar-refractivity contribution in [2.75, 3.05) is 19.8 Å². The first kappa shape index (κ1) is 20.8. The molecule has 6 nitrogen and oxygen atoms in total. The van der Waals surface area contributed by atoms with Crippen molar-refractivity contribution >= 4 is 23.0 Å². The molecular formula is C20H26N2O4S. The van der Waals surface area contributed by atoms with Gasteiger partial charge in [-0.2, -0.15) is 5.10 Å². The molecule has 1 N–H and O–H groups in total. The molecule has 0 radical (unpaired) electrons. The number of benzene rings is 1. The molecule has 0 atom stereocenters. The number of ether oxygens (including phenoxy) is 3. The van der Waals surface area contributed by atoms with E-state index in [1.165, 1.54) is 4.88 Å². The lowest BCUT2D eigenvalue weighted by Crippen LogP contribution is -2.19. The van der Waals surface area contributed by atoms with Gasteiger partial charge in [0.15, 0.2) is 11.5 Å². The van der Waals surface area contributed by atoms with Gasteiger partial charge in [0.25, 0.3) is 5.91 Å². The van der Waals surface area contributed by atoms with Crippen molar-refractivity contribution in [1.82, 2.24) is 5.43 Å². The summed E-state index contributed by atoms with van der Waals surface area (Å²) in [4.78, 5) is 14.8. The monoisotopic (exact) mass is 390 g/mol. The molecule has 1 aromatic heterocycles. The molecular weight excluding hydrogens is 364 g/mol. The zero-order valence-corrected chi connectivity index (χ0v) is 17.2. The van der Waals surface area contributed by atoms with Gasteiger partial charge in [0.1, 0.15) is 0 Å². The summed E-state index contributed by atoms with van der Waals surface area (Å²) in [5.74, 6) is 1.12. The number of hydrazone groups is 1. The zero-order chi connectivity index (χ0) is 19.8. The second kappa shape index (κ2) is 9.97. The van der Waals surface area contributed by atoms with Crippen LogP contribution >= 0.6 is 11.3 Å². The molecule has 0 unspecified atom stereocenters. The highest BCUT2D eigenvalue weighted by molar-refractivity contribution is 7.14. The van der Waals surface area contributed by atoms with Crippen LogP contribution in [0, 0.1) is 6.92 Å². The normalized spacial score (nSPS) is 11.2. The Kier molecular flexibility index (Phi) is 7.67. The molecule has 1 aromatic carbocycles. The second-order valence-corrected chi connectivity index (χ2v) is 6.94. The van der Waals surface area contributed by atoms with Crippen LogP contribution in [-0.2, 0) is 0 Å². The van der Waals surface area contributed by atoms with E-state index in [2.05, 4.69) is 10.5 Å². The number of amides is 1. The summed E-state index contributed by atoms with van der Waals surface area (Å²) >= 11 is 1.63. The van der Waals surface area contributed by atoms with Crippen molar-refractivity contribution in [3.05, 3.63) is 39.6 Å². The molecule has 1 heterocycles. The highest BCUT2D eigenvalue weighted by Crippen LogP contribution is 2.39. The number of nitrogens with one attached hydrogen (secondary N) is 1. The van der Waals surface area contributed by atoms with Crippen LogP contribution in [0.25, 0.3) is 0 Å². The van der Waals surface area contributed by atoms with Gasteiger partial charge in [0.05, 0.1) is 30.4 Å². The van der Waals surface area contributed by atoms with Gasteiger partial charge in [0.2, 0.25) is 5.75 Å². The fraction of sp³-hybridized carbons (Fsp3) is 0.400. The Morgan fingerprint density at radius 3 is 2.11 bits per heavy atom. The van der Waals surface area contributed by atoms with E-state index in [1.54, 1.807) is 23.5 Å². The Labute approximate surface area is 164 Å². The highest BCUT2D eigenvalue weighted by atomic mass is 32.1. The maximum atomic E-state index is 12.6. The van der Waals surface area contributed by atoms with Gasteiger partial charge in [0, 0.05) is 10.4 Å². The summed E-state index contributed by atoms with van der Waals surface area (Å²) < 4.78 is 17.0. The molecule has 2 aromatic rings. The average Bonchev–Trinajstić information content (AvgIpc) is 3.08. The molecule has 0 fully saturated rings. The van der Waals surface area contributed by atoms with E-state index in [0.29, 0.717) is 42.6 Å². The van der Waals surface area contributed by atoms with E-state index < -0.39 is 0 Å². The van der Waals surface area contributed by atoms with Crippen LogP contribution in [0.4, 0.5) is 0 Å². The lowest BCUT2D eigenvalue weighted by Gasteiger charge is -2.16. The van der Waals surface area contributed by atoms with Crippen molar-refractivity contribution in [2.45, 2.75) is 34.6 Å². The number of rotatable bonds is 9. The quantitative estimate of drug-likeness (QED) is 0.509. The van der Waals surface area contributed by atoms with E-state index in [-0.39, 0.29) is 5.91 Å². The summed E-state index contributed by atoms with van der Waals surface area (Å²) in [6.07, 6.45) is 0. The van der Waals surface area contributed by atoms with Crippen LogP contribution in [0.2, 0.25) is 0 Å². The standard InChI is InChI=1S/C20H26N2O4S/c1-6-24-16-11-15(12-17(25-7-2)19(16)26-8-3)20(23)22-21-14(5)18-10-9-13(4)27-18/h9-12H,6-8H2,1-5H3,(H,22,23)/b21-14+. The van der Waals surface area contributed by atoms with E-state index in [4.69, 9.17) is 14.2 Å². The number of hydrogen-bond donors (Lipinski definition) is 1. The minimum atomic E-state index is -0.340. The van der Waals surface area contributed by atoms with E-state index in [9.17, 15) is 4.79 Å². The first-order valence-corrected chi connectivity index (χ1v) is 9.79. The van der Waals surface area contributed by atoms with E-state index in [0.717, 1.165) is 10.6 Å². The number of aryl methyl sites for hydroxylation is 1. The Bertz CT molecular complexity index is 787. The molecule has 27 heavy (non-hydrogen) atoms. The number of carbonyl (C=O) groups is 1. The van der Waals surface area contributed by atoms with Crippen LogP contribution < -0.4 is 19.6 Å². The van der Waals surface area contributed by atoms with Crippen molar-refractivity contribution in [3.8, 4) is 17.2 Å². The number of thiophene rings is 1. The lowest BCUT2D eigenvalue weighted by atomic mass is 10.1. The Morgan fingerprint density at radius 1 is 1.04 bits per heavy atom. The Balaban J connectivity index is 2.28. The first-order valence-electron chi connectivity index (χ1n) is 8.97. The molecule has 1 amide bonds. The van der Waals surface area contributed by atoms with Gasteiger partial charge in [-0.3, -0.25) is 4.79 Å². The van der Waals surface area contributed by atoms with Gasteiger partial charge in [-0.25, -0.2) is 5.43 Å². The molecule has 0 aliphatic rings. The maximum absolute atomic E-state index is 12.6. The van der Waals surface area contributed by atoms with Crippen molar-refractivity contribution in [2.24, 2.45) is 5.10 Å². The smallest absolute Gasteiger partial charge is 0.271 e. The summed E-state index contributed by atoms with van der Waals surface area (Å²) in [6, 6.07) is 7.30. The molecule has 146 valence electrons. The van der Waals surface area contributed by atoms with Gasteiger partial charge in [-0.05, 0) is 58.9 Å². The highest BCUT2D eigenvalue weighted by Gasteiger charge is 2.18. The molecule has 2 rings (SSSR count). The third-order valence-electron chi connectivity index (χ3n) is 3.59. The summed E-state index contributed by atoms with van der Waals surface area (Å²) in [6.45, 7) is 10.9. The SMILES string of the molecule is CCOc1cc(C(=O)N/N=C(\C)c2ccc(C)s2)cc(OCC)c1OCC. The van der Waals surface area contributed by atoms with Crippen LogP contribution in [0.3, 0.4) is 0 Å². The lowest BCUT2D eigenvalue weighted by molar-refractivity contribution is 0.0953. The van der Waals surface area contributed by atoms with E-state index >= 15 is 0 Å². The van der Waals surface area contributed by atoms with Gasteiger partial charge < -0.3 is 14.2 Å². The molecule has 0 saturated carbocycles. The fourth-order valence-corrected chi connectivity index (χ4v) is 3.22. The zero-order valence-electron chi connectivity index (χ0n) is 16.4. The minimum Gasteiger partial charge on any atom is -0.490 e. The largest absolute Gasteiger partial charge is 0.490 e. The number of carbonyl (C=O) groups excluding carboxylic acids is 1. The van der Waals surface area contributed by atoms with Gasteiger partial charge >= 0.3 is 0 Å². The maximum Gasteiger partial charge on any atom is 0.271 e. The topological polar surface area (TPSA) is 69.2 Å². The van der Waals surface area contributed by atoms with Gasteiger partial charge in [-0.15, -0.1) is 11.3 Å². The van der Waals surface area contributed by atoms with Crippen molar-refractivity contribution in [3.63, 3.8) is 0 Å². The molecule has 0 aliphatic carbocycles. The molecule has 0 saturated heterocycles. The Hall–Kier alpha value is -2.54. The minimum absolute atomic E-state index is 0.340. The van der Waals surface area contributed by atoms with Crippen LogP contribution in [0.5, 0.6) is 17.2 Å². The molecule has 7 heteroatoms. The second-order valence-electron chi connectivity index (χ2n) is 5.65. The van der Waals surface area contributed by atoms with Crippen LogP contribution in [-0.4, -0.2) is 31.4 Å². The number of nitrogens with zero attached hydrogens (tertiary/aromatic N) is 1. The fourth-order valence-electron chi connectivity index (χ4n) is 2.40. The molecule has 0 spiro atoms. The summed E-state index contributed by atoms with van der Waals surface area (Å²) in [5.41, 5.74) is 3.75. The van der Waals surface area contributed by atoms with E-state index in [1.807, 2.05) is 46.8 Å². The average molecular weight is 391 g/mol. The molecule has 0 bridgehead atoms. The third kappa shape index (κ3) is 5.47. The van der Waals surface area contributed by atoms with Crippen LogP contribution in [0.1, 0.15) is 47.8 Å². The van der Waals surface area contributed by atoms with Crippen molar-refractivity contribution < 1.29 is 19.0 Å². The number of hydrogen-bond acceptors (Lipinski definition) is 6. The predicted octanol–water partition coefficient (Wildman–Crippen LogP) is 4.41. The van der Waals surface area contributed by atoms with Crippen molar-refractivity contribution in [1.29, 1.82) is 0 Å². The molecule has 0 aliphatic heterocycles.